The summed E-state index contributed by atoms with van der Waals surface area (Å²) in [4.78, 5) is 2.66. The Labute approximate surface area is 84.9 Å². The van der Waals surface area contributed by atoms with Gasteiger partial charge in [0.25, 0.3) is 0 Å². The highest BCUT2D eigenvalue weighted by Gasteiger charge is 2.27. The minimum absolute atomic E-state index is 0.108. The fourth-order valence-electron chi connectivity index (χ4n) is 1.61. The van der Waals surface area contributed by atoms with Crippen LogP contribution < -0.4 is 5.73 Å². The van der Waals surface area contributed by atoms with Crippen LogP contribution in [0.1, 0.15) is 20.3 Å². The first-order valence-corrected chi connectivity index (χ1v) is 5.14. The van der Waals surface area contributed by atoms with Crippen molar-refractivity contribution in [3.8, 4) is 0 Å². The number of β-amino-alcohol motifs (C(OH)–C–C–N with tert-alkyl or cyclic N) is 1. The zero-order chi connectivity index (χ0) is 10.0. The molecule has 1 aliphatic rings. The lowest BCUT2D eigenvalue weighted by atomic mass is 9.95. The van der Waals surface area contributed by atoms with Gasteiger partial charge < -0.3 is 10.8 Å². The van der Waals surface area contributed by atoms with Gasteiger partial charge in [0.15, 0.2) is 0 Å². The Balaban J connectivity index is 2.50. The number of rotatable bonds is 2. The molecule has 3 N–H and O–H groups in total. The van der Waals surface area contributed by atoms with Crippen molar-refractivity contribution >= 4 is 17.2 Å². The van der Waals surface area contributed by atoms with E-state index >= 15 is 0 Å². The lowest BCUT2D eigenvalue weighted by molar-refractivity contribution is 0.0239. The number of hydrogen-bond donors (Lipinski definition) is 2. The number of hydrogen-bond acceptors (Lipinski definition) is 3. The zero-order valence-electron chi connectivity index (χ0n) is 8.23. The van der Waals surface area contributed by atoms with Crippen LogP contribution in [0.25, 0.3) is 0 Å². The molecule has 3 atom stereocenters. The van der Waals surface area contributed by atoms with Crippen molar-refractivity contribution in [2.24, 2.45) is 11.7 Å². The van der Waals surface area contributed by atoms with Gasteiger partial charge in [-0.3, -0.25) is 4.90 Å². The van der Waals surface area contributed by atoms with Crippen molar-refractivity contribution in [1.82, 2.24) is 4.90 Å². The maximum Gasteiger partial charge on any atom is 0.0899 e. The molecular weight excluding hydrogens is 184 g/mol. The van der Waals surface area contributed by atoms with Gasteiger partial charge in [-0.2, -0.15) is 0 Å². The summed E-state index contributed by atoms with van der Waals surface area (Å²) in [6, 6.07) is 0.108. The van der Waals surface area contributed by atoms with E-state index < -0.39 is 0 Å². The van der Waals surface area contributed by atoms with Crippen LogP contribution in [0.15, 0.2) is 0 Å². The standard InChI is InChI=1S/C9H18N2OS/c1-6-3-4-11(5-8(6)12)7(2)9(10)13/h6-8,12H,3-5H2,1-2H3,(H2,10,13). The maximum atomic E-state index is 9.65. The molecular formula is C9H18N2OS. The van der Waals surface area contributed by atoms with Gasteiger partial charge >= 0.3 is 0 Å². The van der Waals surface area contributed by atoms with E-state index in [-0.39, 0.29) is 12.1 Å². The third-order valence-electron chi connectivity index (χ3n) is 2.91. The van der Waals surface area contributed by atoms with E-state index in [0.717, 1.165) is 13.0 Å². The minimum atomic E-state index is -0.231. The fraction of sp³-hybridized carbons (Fsp3) is 0.889. The molecule has 1 rings (SSSR count). The zero-order valence-corrected chi connectivity index (χ0v) is 9.05. The Hall–Kier alpha value is -0.190. The topological polar surface area (TPSA) is 49.5 Å². The van der Waals surface area contributed by atoms with Crippen LogP contribution in [0.2, 0.25) is 0 Å². The molecule has 0 radical (unpaired) electrons. The summed E-state index contributed by atoms with van der Waals surface area (Å²) in [5, 5.41) is 9.65. The van der Waals surface area contributed by atoms with Gasteiger partial charge in [0.1, 0.15) is 0 Å². The molecule has 0 aromatic heterocycles. The van der Waals surface area contributed by atoms with E-state index in [1.54, 1.807) is 0 Å². The number of piperidine rings is 1. The van der Waals surface area contributed by atoms with Gasteiger partial charge in [-0.25, -0.2) is 0 Å². The molecule has 4 heteroatoms. The SMILES string of the molecule is CC1CCN(C(C)C(N)=S)CC1O. The predicted octanol–water partition coefficient (Wildman–Crippen LogP) is 0.364. The summed E-state index contributed by atoms with van der Waals surface area (Å²) in [7, 11) is 0. The third kappa shape index (κ3) is 2.62. The van der Waals surface area contributed by atoms with Crippen molar-refractivity contribution in [1.29, 1.82) is 0 Å². The average Bonchev–Trinajstić information content (AvgIpc) is 2.08. The number of likely N-dealkylation sites (tertiary alicyclic amines) is 1. The minimum Gasteiger partial charge on any atom is -0.392 e. The second kappa shape index (κ2) is 4.35. The summed E-state index contributed by atoms with van der Waals surface area (Å²) in [6.07, 6.45) is 0.791. The van der Waals surface area contributed by atoms with Crippen LogP contribution in [0.3, 0.4) is 0 Å². The van der Waals surface area contributed by atoms with Crippen LogP contribution in [-0.2, 0) is 0 Å². The molecule has 0 saturated carbocycles. The van der Waals surface area contributed by atoms with Crippen LogP contribution in [-0.4, -0.2) is 40.2 Å². The summed E-state index contributed by atoms with van der Waals surface area (Å²) in [5.41, 5.74) is 5.56. The second-order valence-electron chi connectivity index (χ2n) is 3.91. The third-order valence-corrected chi connectivity index (χ3v) is 3.25. The van der Waals surface area contributed by atoms with E-state index in [0.29, 0.717) is 17.5 Å². The van der Waals surface area contributed by atoms with E-state index in [2.05, 4.69) is 11.8 Å². The molecule has 0 bridgehead atoms. The second-order valence-corrected chi connectivity index (χ2v) is 4.38. The van der Waals surface area contributed by atoms with Gasteiger partial charge in [-0.15, -0.1) is 0 Å². The number of nitrogens with zero attached hydrogens (tertiary/aromatic N) is 1. The van der Waals surface area contributed by atoms with Crippen molar-refractivity contribution in [2.75, 3.05) is 13.1 Å². The summed E-state index contributed by atoms with van der Waals surface area (Å²) in [5.74, 6) is 0.398. The molecule has 0 aromatic carbocycles. The maximum absolute atomic E-state index is 9.65. The van der Waals surface area contributed by atoms with Gasteiger partial charge in [0.2, 0.25) is 0 Å². The Morgan fingerprint density at radius 2 is 2.31 bits per heavy atom. The van der Waals surface area contributed by atoms with Gasteiger partial charge in [-0.1, -0.05) is 19.1 Å². The summed E-state index contributed by atoms with van der Waals surface area (Å²) in [6.45, 7) is 5.74. The van der Waals surface area contributed by atoms with Crippen molar-refractivity contribution in [3.63, 3.8) is 0 Å². The average molecular weight is 202 g/mol. The number of aliphatic hydroxyl groups excluding tert-OH is 1. The molecule has 0 spiro atoms. The number of thiocarbonyl (C=S) groups is 1. The Morgan fingerprint density at radius 3 is 2.77 bits per heavy atom. The Bertz CT molecular complexity index is 198. The monoisotopic (exact) mass is 202 g/mol. The highest BCUT2D eigenvalue weighted by molar-refractivity contribution is 7.80. The lowest BCUT2D eigenvalue weighted by Gasteiger charge is -2.37. The quantitative estimate of drug-likeness (QED) is 0.635. The highest BCUT2D eigenvalue weighted by atomic mass is 32.1. The lowest BCUT2D eigenvalue weighted by Crippen LogP contribution is -2.50. The van der Waals surface area contributed by atoms with Crippen LogP contribution >= 0.6 is 12.2 Å². The smallest absolute Gasteiger partial charge is 0.0899 e. The number of aliphatic hydroxyl groups is 1. The Morgan fingerprint density at radius 1 is 1.69 bits per heavy atom. The van der Waals surface area contributed by atoms with Crippen LogP contribution in [0.4, 0.5) is 0 Å². The molecule has 3 nitrogen and oxygen atoms in total. The van der Waals surface area contributed by atoms with E-state index in [1.165, 1.54) is 0 Å². The molecule has 1 saturated heterocycles. The van der Waals surface area contributed by atoms with Crippen molar-refractivity contribution < 1.29 is 5.11 Å². The first kappa shape index (κ1) is 10.9. The molecule has 76 valence electrons. The van der Waals surface area contributed by atoms with Gasteiger partial charge in [-0.05, 0) is 25.8 Å². The van der Waals surface area contributed by atoms with Gasteiger partial charge in [0, 0.05) is 6.54 Å². The molecule has 1 fully saturated rings. The van der Waals surface area contributed by atoms with E-state index in [9.17, 15) is 5.11 Å². The molecule has 13 heavy (non-hydrogen) atoms. The number of nitrogens with two attached hydrogens (primary N) is 1. The molecule has 0 aliphatic carbocycles. The van der Waals surface area contributed by atoms with Crippen molar-refractivity contribution in [2.45, 2.75) is 32.4 Å². The van der Waals surface area contributed by atoms with E-state index in [1.807, 2.05) is 6.92 Å². The molecule has 3 unspecified atom stereocenters. The van der Waals surface area contributed by atoms with Gasteiger partial charge in [0.05, 0.1) is 17.1 Å². The van der Waals surface area contributed by atoms with E-state index in [4.69, 9.17) is 18.0 Å². The normalized spacial score (nSPS) is 32.8. The fourth-order valence-corrected chi connectivity index (χ4v) is 1.75. The summed E-state index contributed by atoms with van der Waals surface area (Å²) < 4.78 is 0. The largest absolute Gasteiger partial charge is 0.392 e. The van der Waals surface area contributed by atoms with Crippen LogP contribution in [0, 0.1) is 5.92 Å². The molecule has 0 amide bonds. The Kier molecular flexibility index (Phi) is 3.64. The summed E-state index contributed by atoms with van der Waals surface area (Å²) >= 11 is 4.92. The predicted molar refractivity (Wildman–Crippen MR) is 57.6 cm³/mol. The van der Waals surface area contributed by atoms with Crippen LogP contribution in [0.5, 0.6) is 0 Å². The highest BCUT2D eigenvalue weighted by Crippen LogP contribution is 2.18. The molecule has 1 aliphatic heterocycles. The molecule has 1 heterocycles. The first-order chi connectivity index (χ1) is 6.02. The molecule has 0 aromatic rings. The van der Waals surface area contributed by atoms with Crippen molar-refractivity contribution in [3.05, 3.63) is 0 Å². The first-order valence-electron chi connectivity index (χ1n) is 4.73.